The van der Waals surface area contributed by atoms with Crippen LogP contribution in [0.2, 0.25) is 0 Å². The van der Waals surface area contributed by atoms with Gasteiger partial charge in [-0.15, -0.1) is 0 Å². The molecule has 0 radical (unpaired) electrons. The van der Waals surface area contributed by atoms with E-state index in [9.17, 15) is 14.7 Å². The summed E-state index contributed by atoms with van der Waals surface area (Å²) in [4.78, 5) is 23.1. The van der Waals surface area contributed by atoms with Gasteiger partial charge in [0.15, 0.2) is 11.9 Å². The Morgan fingerprint density at radius 1 is 1.31 bits per heavy atom. The van der Waals surface area contributed by atoms with Crippen LogP contribution in [-0.4, -0.2) is 29.4 Å². The number of rotatable bonds is 3. The highest BCUT2D eigenvalue weighted by Crippen LogP contribution is 2.30. The molecule has 0 heterocycles. The van der Waals surface area contributed by atoms with Gasteiger partial charge in [-0.05, 0) is 12.5 Å². The predicted octanol–water partition coefficient (Wildman–Crippen LogP) is 1.22. The van der Waals surface area contributed by atoms with Crippen LogP contribution in [0.25, 0.3) is 0 Å². The molecule has 0 aliphatic heterocycles. The molecule has 0 aromatic heterocycles. The molecule has 1 atom stereocenters. The van der Waals surface area contributed by atoms with Crippen molar-refractivity contribution >= 4 is 11.6 Å². The molecule has 1 aliphatic rings. The molecule has 1 unspecified atom stereocenters. The number of carbonyl (C=O) groups is 2. The quantitative estimate of drug-likeness (QED) is 0.778. The van der Waals surface area contributed by atoms with E-state index in [1.165, 1.54) is 6.07 Å². The van der Waals surface area contributed by atoms with Crippen molar-refractivity contribution in [3.8, 4) is 5.75 Å². The number of aliphatic hydroxyl groups is 1. The molecule has 1 aromatic carbocycles. The number of fused-ring (bicyclic) bond motifs is 1. The van der Waals surface area contributed by atoms with Crippen molar-refractivity contribution in [2.24, 2.45) is 0 Å². The van der Waals surface area contributed by atoms with Gasteiger partial charge in [0.25, 0.3) is 0 Å². The zero-order valence-corrected chi connectivity index (χ0v) is 8.90. The summed E-state index contributed by atoms with van der Waals surface area (Å²) in [5, 5.41) is 9.38. The van der Waals surface area contributed by atoms with Crippen LogP contribution in [0, 0.1) is 0 Å². The van der Waals surface area contributed by atoms with Crippen molar-refractivity contribution < 1.29 is 19.4 Å². The molecule has 0 fully saturated rings. The molecule has 0 spiro atoms. The SMILES string of the molecule is CCCOc1cccc2c1C(=O)C(O)C2=O. The number of hydrogen-bond donors (Lipinski definition) is 1. The van der Waals surface area contributed by atoms with E-state index < -0.39 is 17.7 Å². The molecule has 1 aromatic rings. The molecule has 0 amide bonds. The second-order valence-electron chi connectivity index (χ2n) is 3.66. The fourth-order valence-corrected chi connectivity index (χ4v) is 1.73. The fraction of sp³-hybridized carbons (Fsp3) is 0.333. The van der Waals surface area contributed by atoms with Gasteiger partial charge in [-0.3, -0.25) is 9.59 Å². The van der Waals surface area contributed by atoms with Crippen LogP contribution in [0.1, 0.15) is 34.1 Å². The lowest BCUT2D eigenvalue weighted by atomic mass is 10.1. The van der Waals surface area contributed by atoms with Crippen LogP contribution in [0.3, 0.4) is 0 Å². The highest BCUT2D eigenvalue weighted by Gasteiger charge is 2.39. The lowest BCUT2D eigenvalue weighted by Crippen LogP contribution is -2.20. The largest absolute Gasteiger partial charge is 0.493 e. The number of ether oxygens (including phenoxy) is 1. The molecule has 0 saturated heterocycles. The molecular weight excluding hydrogens is 208 g/mol. The fourth-order valence-electron chi connectivity index (χ4n) is 1.73. The first-order valence-electron chi connectivity index (χ1n) is 5.19. The van der Waals surface area contributed by atoms with E-state index in [2.05, 4.69) is 0 Å². The van der Waals surface area contributed by atoms with Crippen molar-refractivity contribution in [1.82, 2.24) is 0 Å². The molecule has 84 valence electrons. The van der Waals surface area contributed by atoms with Crippen molar-refractivity contribution in [1.29, 1.82) is 0 Å². The summed E-state index contributed by atoms with van der Waals surface area (Å²) in [7, 11) is 0. The van der Waals surface area contributed by atoms with Crippen LogP contribution in [0.15, 0.2) is 18.2 Å². The minimum absolute atomic E-state index is 0.216. The van der Waals surface area contributed by atoms with Gasteiger partial charge < -0.3 is 9.84 Å². The minimum Gasteiger partial charge on any atom is -0.493 e. The Morgan fingerprint density at radius 3 is 2.75 bits per heavy atom. The Kier molecular flexibility index (Phi) is 2.75. The van der Waals surface area contributed by atoms with Crippen LogP contribution >= 0.6 is 0 Å². The second-order valence-corrected chi connectivity index (χ2v) is 3.66. The third-order valence-corrected chi connectivity index (χ3v) is 2.50. The topological polar surface area (TPSA) is 63.6 Å². The van der Waals surface area contributed by atoms with Crippen LogP contribution in [0.5, 0.6) is 5.75 Å². The van der Waals surface area contributed by atoms with Gasteiger partial charge in [0, 0.05) is 5.56 Å². The summed E-state index contributed by atoms with van der Waals surface area (Å²) in [5.74, 6) is -0.720. The Balaban J connectivity index is 2.45. The highest BCUT2D eigenvalue weighted by atomic mass is 16.5. The van der Waals surface area contributed by atoms with Gasteiger partial charge in [-0.1, -0.05) is 19.1 Å². The smallest absolute Gasteiger partial charge is 0.203 e. The van der Waals surface area contributed by atoms with Gasteiger partial charge in [0.2, 0.25) is 5.78 Å². The van der Waals surface area contributed by atoms with E-state index in [-0.39, 0.29) is 11.1 Å². The van der Waals surface area contributed by atoms with E-state index >= 15 is 0 Å². The Bertz CT molecular complexity index is 450. The Morgan fingerprint density at radius 2 is 2.06 bits per heavy atom. The van der Waals surface area contributed by atoms with Crippen molar-refractivity contribution in [2.45, 2.75) is 19.4 Å². The normalized spacial score (nSPS) is 18.8. The zero-order chi connectivity index (χ0) is 11.7. The molecule has 4 nitrogen and oxygen atoms in total. The average molecular weight is 220 g/mol. The Labute approximate surface area is 92.8 Å². The first-order valence-corrected chi connectivity index (χ1v) is 5.19. The molecule has 16 heavy (non-hydrogen) atoms. The van der Waals surface area contributed by atoms with Gasteiger partial charge in [-0.25, -0.2) is 0 Å². The maximum Gasteiger partial charge on any atom is 0.203 e. The first-order chi connectivity index (χ1) is 7.66. The monoisotopic (exact) mass is 220 g/mol. The zero-order valence-electron chi connectivity index (χ0n) is 8.90. The standard InChI is InChI=1S/C12H12O4/c1-2-6-16-8-5-3-4-7-9(8)11(14)12(15)10(7)13/h3-5,12,15H,2,6H2,1H3. The first kappa shape index (κ1) is 10.8. The molecule has 0 saturated carbocycles. The van der Waals surface area contributed by atoms with Gasteiger partial charge in [0.1, 0.15) is 5.75 Å². The third kappa shape index (κ3) is 1.51. The summed E-state index contributed by atoms with van der Waals surface area (Å²) in [6, 6.07) is 4.81. The van der Waals surface area contributed by atoms with E-state index in [1.54, 1.807) is 12.1 Å². The van der Waals surface area contributed by atoms with Crippen molar-refractivity contribution in [2.75, 3.05) is 6.61 Å². The molecule has 4 heteroatoms. The summed E-state index contributed by atoms with van der Waals surface area (Å²) < 4.78 is 5.38. The highest BCUT2D eigenvalue weighted by molar-refractivity contribution is 6.29. The van der Waals surface area contributed by atoms with Gasteiger partial charge in [-0.2, -0.15) is 0 Å². The minimum atomic E-state index is -1.55. The maximum absolute atomic E-state index is 11.6. The average Bonchev–Trinajstić information content (AvgIpc) is 2.53. The molecular formula is C12H12O4. The van der Waals surface area contributed by atoms with Crippen molar-refractivity contribution in [3.05, 3.63) is 29.3 Å². The van der Waals surface area contributed by atoms with E-state index in [0.29, 0.717) is 12.4 Å². The lowest BCUT2D eigenvalue weighted by Gasteiger charge is -2.07. The number of ketones is 2. The molecule has 0 bridgehead atoms. The predicted molar refractivity (Wildman–Crippen MR) is 56.9 cm³/mol. The van der Waals surface area contributed by atoms with Gasteiger partial charge >= 0.3 is 0 Å². The van der Waals surface area contributed by atoms with Gasteiger partial charge in [0.05, 0.1) is 12.2 Å². The second kappa shape index (κ2) is 4.06. The Hall–Kier alpha value is -1.68. The number of benzene rings is 1. The van der Waals surface area contributed by atoms with E-state index in [4.69, 9.17) is 4.74 Å². The number of carbonyl (C=O) groups excluding carboxylic acids is 2. The number of aliphatic hydroxyl groups excluding tert-OH is 1. The van der Waals surface area contributed by atoms with E-state index in [0.717, 1.165) is 6.42 Å². The maximum atomic E-state index is 11.6. The molecule has 1 aliphatic carbocycles. The molecule has 2 rings (SSSR count). The van der Waals surface area contributed by atoms with Crippen LogP contribution in [0.4, 0.5) is 0 Å². The van der Waals surface area contributed by atoms with Crippen molar-refractivity contribution in [3.63, 3.8) is 0 Å². The molecule has 1 N–H and O–H groups in total. The summed E-state index contributed by atoms with van der Waals surface area (Å²) in [5.41, 5.74) is 0.472. The van der Waals surface area contributed by atoms with Crippen LogP contribution in [-0.2, 0) is 0 Å². The van der Waals surface area contributed by atoms with Crippen LogP contribution < -0.4 is 4.74 Å². The number of Topliss-reactive ketones (excluding diaryl/α,β-unsaturated/α-hetero) is 2. The lowest BCUT2D eigenvalue weighted by molar-refractivity contribution is 0.0662. The van der Waals surface area contributed by atoms with E-state index in [1.807, 2.05) is 6.92 Å². The summed E-state index contributed by atoms with van der Waals surface area (Å²) in [6.45, 7) is 2.43. The third-order valence-electron chi connectivity index (χ3n) is 2.50. The summed E-state index contributed by atoms with van der Waals surface area (Å²) in [6.07, 6.45) is -0.740. The number of hydrogen-bond acceptors (Lipinski definition) is 4. The summed E-state index contributed by atoms with van der Waals surface area (Å²) >= 11 is 0.